The molecule has 1 aromatic rings. The molecule has 0 saturated heterocycles. The van der Waals surface area contributed by atoms with Crippen LogP contribution in [-0.2, 0) is 9.53 Å². The van der Waals surface area contributed by atoms with Crippen molar-refractivity contribution in [2.45, 2.75) is 13.0 Å². The lowest BCUT2D eigenvalue weighted by Gasteiger charge is -2.15. The molecule has 1 rings (SSSR count). The maximum Gasteiger partial charge on any atom is 0.330 e. The molecule has 7 nitrogen and oxygen atoms in total. The molecule has 0 amide bonds. The first kappa shape index (κ1) is 14.8. The van der Waals surface area contributed by atoms with E-state index in [4.69, 9.17) is 5.11 Å². The number of nitrogens with zero attached hydrogens (tertiary/aromatic N) is 1. The summed E-state index contributed by atoms with van der Waals surface area (Å²) in [5, 5.41) is 22.3. The number of nitro groups is 1. The summed E-state index contributed by atoms with van der Waals surface area (Å²) in [5.41, 5.74) is -0.409. The molecule has 104 valence electrons. The second-order valence-electron chi connectivity index (χ2n) is 3.78. The molecule has 2 N–H and O–H groups in total. The summed E-state index contributed by atoms with van der Waals surface area (Å²) in [6.07, 6.45) is 0. The van der Waals surface area contributed by atoms with E-state index in [1.165, 1.54) is 13.0 Å². The number of aliphatic hydroxyl groups excluding tert-OH is 1. The molecule has 0 spiro atoms. The molecule has 0 radical (unpaired) electrons. The van der Waals surface area contributed by atoms with Gasteiger partial charge in [0.25, 0.3) is 5.69 Å². The van der Waals surface area contributed by atoms with E-state index >= 15 is 0 Å². The van der Waals surface area contributed by atoms with Crippen LogP contribution in [-0.4, -0.2) is 35.8 Å². The van der Waals surface area contributed by atoms with E-state index in [-0.39, 0.29) is 11.3 Å². The van der Waals surface area contributed by atoms with E-state index in [1.807, 2.05) is 0 Å². The number of halogens is 1. The van der Waals surface area contributed by atoms with Crippen molar-refractivity contribution >= 4 is 17.3 Å². The Bertz CT molecular complexity index is 506. The SMILES string of the molecule is COC(=O)C(CO)Nc1cc(C)c(F)cc1[N+](=O)[O-]. The Morgan fingerprint density at radius 2 is 2.26 bits per heavy atom. The third-order valence-electron chi connectivity index (χ3n) is 2.47. The number of nitro benzene ring substituents is 1. The van der Waals surface area contributed by atoms with Crippen molar-refractivity contribution < 1.29 is 24.0 Å². The maximum absolute atomic E-state index is 13.3. The largest absolute Gasteiger partial charge is 0.467 e. The van der Waals surface area contributed by atoms with Gasteiger partial charge in [-0.3, -0.25) is 10.1 Å². The minimum atomic E-state index is -1.16. The van der Waals surface area contributed by atoms with Crippen LogP contribution in [0.1, 0.15) is 5.56 Å². The first-order valence-corrected chi connectivity index (χ1v) is 5.30. The van der Waals surface area contributed by atoms with Crippen molar-refractivity contribution in [2.75, 3.05) is 19.0 Å². The first-order chi connectivity index (χ1) is 8.90. The zero-order chi connectivity index (χ0) is 14.6. The predicted octanol–water partition coefficient (Wildman–Crippen LogP) is 0.988. The normalized spacial score (nSPS) is 11.8. The summed E-state index contributed by atoms with van der Waals surface area (Å²) in [7, 11) is 1.12. The third kappa shape index (κ3) is 3.38. The molecule has 1 aromatic carbocycles. The highest BCUT2D eigenvalue weighted by atomic mass is 19.1. The summed E-state index contributed by atoms with van der Waals surface area (Å²) in [6, 6.07) is 0.788. The molecule has 1 atom stereocenters. The smallest absolute Gasteiger partial charge is 0.330 e. The number of carbonyl (C=O) groups excluding carboxylic acids is 1. The highest BCUT2D eigenvalue weighted by molar-refractivity contribution is 5.80. The van der Waals surface area contributed by atoms with Crippen LogP contribution in [0.25, 0.3) is 0 Å². The fourth-order valence-electron chi connectivity index (χ4n) is 1.45. The minimum absolute atomic E-state index is 0.0617. The lowest BCUT2D eigenvalue weighted by Crippen LogP contribution is -2.34. The molecule has 0 fully saturated rings. The van der Waals surface area contributed by atoms with Crippen molar-refractivity contribution in [3.63, 3.8) is 0 Å². The highest BCUT2D eigenvalue weighted by Crippen LogP contribution is 2.28. The Morgan fingerprint density at radius 3 is 2.74 bits per heavy atom. The second-order valence-corrected chi connectivity index (χ2v) is 3.78. The van der Waals surface area contributed by atoms with Gasteiger partial charge in [0.2, 0.25) is 0 Å². The van der Waals surface area contributed by atoms with Crippen LogP contribution in [0.3, 0.4) is 0 Å². The quantitative estimate of drug-likeness (QED) is 0.471. The van der Waals surface area contributed by atoms with Gasteiger partial charge >= 0.3 is 5.97 Å². The van der Waals surface area contributed by atoms with Gasteiger partial charge in [0, 0.05) is 0 Å². The summed E-state index contributed by atoms with van der Waals surface area (Å²) < 4.78 is 17.7. The average Bonchev–Trinajstić information content (AvgIpc) is 2.38. The van der Waals surface area contributed by atoms with Gasteiger partial charge in [-0.2, -0.15) is 0 Å². The van der Waals surface area contributed by atoms with Crippen molar-refractivity contribution in [3.8, 4) is 0 Å². The minimum Gasteiger partial charge on any atom is -0.467 e. The molecule has 19 heavy (non-hydrogen) atoms. The van der Waals surface area contributed by atoms with Gasteiger partial charge in [-0.25, -0.2) is 9.18 Å². The average molecular weight is 272 g/mol. The highest BCUT2D eigenvalue weighted by Gasteiger charge is 2.23. The van der Waals surface area contributed by atoms with Gasteiger partial charge in [0.15, 0.2) is 0 Å². The van der Waals surface area contributed by atoms with Crippen LogP contribution >= 0.6 is 0 Å². The van der Waals surface area contributed by atoms with E-state index in [0.29, 0.717) is 0 Å². The van der Waals surface area contributed by atoms with Gasteiger partial charge in [0.05, 0.1) is 24.7 Å². The Morgan fingerprint density at radius 1 is 1.63 bits per heavy atom. The molecule has 0 aliphatic rings. The Hall–Kier alpha value is -2.22. The van der Waals surface area contributed by atoms with Crippen molar-refractivity contribution in [3.05, 3.63) is 33.6 Å². The molecule has 0 aliphatic carbocycles. The molecule has 0 bridgehead atoms. The molecule has 0 aromatic heterocycles. The number of esters is 1. The number of aryl methyl sites for hydroxylation is 1. The number of carbonyl (C=O) groups is 1. The number of methoxy groups -OCH3 is 1. The van der Waals surface area contributed by atoms with E-state index in [2.05, 4.69) is 10.1 Å². The molecule has 8 heteroatoms. The standard InChI is InChI=1S/C11H13FN2O5/c1-6-3-8(10(14(17)18)4-7(6)12)13-9(5-15)11(16)19-2/h3-4,9,13,15H,5H2,1-2H3. The number of nitrogens with one attached hydrogen (secondary N) is 1. The van der Waals surface area contributed by atoms with Crippen molar-refractivity contribution in [1.29, 1.82) is 0 Å². The number of aliphatic hydroxyl groups is 1. The Kier molecular flexibility index (Phi) is 4.76. The molecular weight excluding hydrogens is 259 g/mol. The summed E-state index contributed by atoms with van der Waals surface area (Å²) in [4.78, 5) is 21.3. The monoisotopic (exact) mass is 272 g/mol. The molecular formula is C11H13FN2O5. The van der Waals surface area contributed by atoms with Crippen LogP contribution in [0.4, 0.5) is 15.8 Å². The summed E-state index contributed by atoms with van der Waals surface area (Å²) >= 11 is 0. The van der Waals surface area contributed by atoms with Gasteiger partial charge in [-0.05, 0) is 18.6 Å². The molecule has 0 saturated carbocycles. The fraction of sp³-hybridized carbons (Fsp3) is 0.364. The van der Waals surface area contributed by atoms with Crippen molar-refractivity contribution in [1.82, 2.24) is 0 Å². The molecule has 0 heterocycles. The van der Waals surface area contributed by atoms with Gasteiger partial charge < -0.3 is 15.2 Å². The van der Waals surface area contributed by atoms with Gasteiger partial charge in [-0.1, -0.05) is 0 Å². The van der Waals surface area contributed by atoms with E-state index in [9.17, 15) is 19.3 Å². The van der Waals surface area contributed by atoms with E-state index < -0.39 is 35.0 Å². The molecule has 1 unspecified atom stereocenters. The van der Waals surface area contributed by atoms with Gasteiger partial charge in [-0.15, -0.1) is 0 Å². The van der Waals surface area contributed by atoms with E-state index in [1.54, 1.807) is 0 Å². The number of anilines is 1. The van der Waals surface area contributed by atoms with Crippen molar-refractivity contribution in [2.24, 2.45) is 0 Å². The lowest BCUT2D eigenvalue weighted by atomic mass is 10.1. The number of ether oxygens (including phenoxy) is 1. The number of hydrogen-bond acceptors (Lipinski definition) is 6. The van der Waals surface area contributed by atoms with E-state index in [0.717, 1.165) is 13.2 Å². The molecule has 0 aliphatic heterocycles. The second kappa shape index (κ2) is 6.10. The van der Waals surface area contributed by atoms with Crippen LogP contribution in [0.15, 0.2) is 12.1 Å². The van der Waals surface area contributed by atoms with Crippen LogP contribution in [0.2, 0.25) is 0 Å². The van der Waals surface area contributed by atoms with Crippen LogP contribution in [0, 0.1) is 22.9 Å². The van der Waals surface area contributed by atoms with Crippen LogP contribution in [0.5, 0.6) is 0 Å². The predicted molar refractivity (Wildman–Crippen MR) is 64.3 cm³/mol. The topological polar surface area (TPSA) is 102 Å². The summed E-state index contributed by atoms with van der Waals surface area (Å²) in [5.74, 6) is -1.50. The third-order valence-corrected chi connectivity index (χ3v) is 2.47. The first-order valence-electron chi connectivity index (χ1n) is 5.30. The Labute approximate surface area is 108 Å². The fourth-order valence-corrected chi connectivity index (χ4v) is 1.45. The summed E-state index contributed by atoms with van der Waals surface area (Å²) in [6.45, 7) is 0.816. The number of benzene rings is 1. The Balaban J connectivity index is 3.15. The lowest BCUT2D eigenvalue weighted by molar-refractivity contribution is -0.384. The zero-order valence-electron chi connectivity index (χ0n) is 10.3. The number of rotatable bonds is 5. The van der Waals surface area contributed by atoms with Gasteiger partial charge in [0.1, 0.15) is 17.5 Å². The zero-order valence-corrected chi connectivity index (χ0v) is 10.3. The van der Waals surface area contributed by atoms with Crippen LogP contribution < -0.4 is 5.32 Å². The number of hydrogen-bond donors (Lipinski definition) is 2. The maximum atomic E-state index is 13.3.